The second-order valence-electron chi connectivity index (χ2n) is 3.34. The maximum absolute atomic E-state index is 8.80. The summed E-state index contributed by atoms with van der Waals surface area (Å²) < 4.78 is 0. The Labute approximate surface area is 99.2 Å². The first kappa shape index (κ1) is 11.8. The fourth-order valence-electron chi connectivity index (χ4n) is 1.42. The minimum atomic E-state index is 0.705. The monoisotopic (exact) mass is 261 g/mol. The molecule has 1 aromatic rings. The van der Waals surface area contributed by atoms with Gasteiger partial charge >= 0.3 is 0 Å². The summed E-state index contributed by atoms with van der Waals surface area (Å²) >= 11 is 3.34. The Kier molecular flexibility index (Phi) is 4.40. The van der Waals surface area contributed by atoms with E-state index in [2.05, 4.69) is 33.8 Å². The third kappa shape index (κ3) is 3.11. The summed E-state index contributed by atoms with van der Waals surface area (Å²) in [7, 11) is 0. The van der Waals surface area contributed by atoms with Crippen LogP contribution in [0.1, 0.15) is 28.7 Å². The van der Waals surface area contributed by atoms with Crippen molar-refractivity contribution in [1.29, 1.82) is 5.26 Å². The molecule has 0 aromatic heterocycles. The van der Waals surface area contributed by atoms with Crippen molar-refractivity contribution < 1.29 is 0 Å². The average molecular weight is 262 g/mol. The van der Waals surface area contributed by atoms with Crippen molar-refractivity contribution >= 4 is 15.9 Å². The van der Waals surface area contributed by atoms with Crippen LogP contribution in [0.4, 0.5) is 0 Å². The van der Waals surface area contributed by atoms with Gasteiger partial charge in [-0.3, -0.25) is 0 Å². The molecule has 0 spiro atoms. The molecular weight excluding hydrogens is 250 g/mol. The summed E-state index contributed by atoms with van der Waals surface area (Å²) in [5.41, 5.74) is 3.91. The highest BCUT2D eigenvalue weighted by Crippen LogP contribution is 2.15. The van der Waals surface area contributed by atoms with Gasteiger partial charge in [0.25, 0.3) is 0 Å². The quantitative estimate of drug-likeness (QED) is 0.562. The summed E-state index contributed by atoms with van der Waals surface area (Å²) in [5, 5.41) is 9.70. The molecule has 0 aliphatic heterocycles. The van der Waals surface area contributed by atoms with E-state index in [1.165, 1.54) is 0 Å². The molecule has 0 fully saturated rings. The molecule has 0 saturated heterocycles. The van der Waals surface area contributed by atoms with E-state index >= 15 is 0 Å². The fourth-order valence-corrected chi connectivity index (χ4v) is 1.62. The third-order valence-corrected chi connectivity index (χ3v) is 2.49. The Morgan fingerprint density at radius 1 is 1.27 bits per heavy atom. The summed E-state index contributed by atoms with van der Waals surface area (Å²) in [5.74, 6) is 6.23. The molecule has 2 heteroatoms. The number of aryl methyl sites for hydroxylation is 2. The summed E-state index contributed by atoms with van der Waals surface area (Å²) in [6.45, 7) is 3.98. The van der Waals surface area contributed by atoms with Gasteiger partial charge in [0.05, 0.1) is 11.6 Å². The zero-order valence-corrected chi connectivity index (χ0v) is 10.5. The number of alkyl halides is 1. The lowest BCUT2D eigenvalue weighted by molar-refractivity contribution is 1.30. The molecule has 0 aliphatic carbocycles. The van der Waals surface area contributed by atoms with Crippen LogP contribution in [-0.4, -0.2) is 5.33 Å². The van der Waals surface area contributed by atoms with Crippen LogP contribution >= 0.6 is 15.9 Å². The van der Waals surface area contributed by atoms with Gasteiger partial charge in [-0.05, 0) is 37.1 Å². The van der Waals surface area contributed by atoms with Crippen LogP contribution in [0.5, 0.6) is 0 Å². The molecular formula is C13H12BrN. The first-order valence-electron chi connectivity index (χ1n) is 4.75. The lowest BCUT2D eigenvalue weighted by atomic mass is 10.00. The van der Waals surface area contributed by atoms with Crippen LogP contribution < -0.4 is 0 Å². The van der Waals surface area contributed by atoms with Crippen LogP contribution in [0.2, 0.25) is 0 Å². The lowest BCUT2D eigenvalue weighted by Gasteiger charge is -2.03. The number of hydrogen-bond acceptors (Lipinski definition) is 1. The van der Waals surface area contributed by atoms with Crippen molar-refractivity contribution in [3.63, 3.8) is 0 Å². The van der Waals surface area contributed by atoms with Crippen molar-refractivity contribution in [2.45, 2.75) is 20.3 Å². The maximum atomic E-state index is 8.80. The Morgan fingerprint density at radius 3 is 2.33 bits per heavy atom. The Balaban J connectivity index is 3.12. The van der Waals surface area contributed by atoms with E-state index in [9.17, 15) is 0 Å². The number of halogens is 1. The molecule has 0 N–H and O–H groups in total. The minimum absolute atomic E-state index is 0.705. The molecule has 0 aliphatic rings. The number of hydrogen-bond donors (Lipinski definition) is 0. The van der Waals surface area contributed by atoms with Gasteiger partial charge in [0.15, 0.2) is 0 Å². The zero-order valence-electron chi connectivity index (χ0n) is 8.89. The Hall–Kier alpha value is -1.25. The molecule has 0 atom stereocenters. The number of nitrogens with zero attached hydrogens (tertiary/aromatic N) is 1. The van der Waals surface area contributed by atoms with E-state index in [-0.39, 0.29) is 0 Å². The van der Waals surface area contributed by atoms with E-state index in [0.29, 0.717) is 5.56 Å². The minimum Gasteiger partial charge on any atom is -0.192 e. The van der Waals surface area contributed by atoms with E-state index in [1.807, 2.05) is 26.0 Å². The molecule has 15 heavy (non-hydrogen) atoms. The summed E-state index contributed by atoms with van der Waals surface area (Å²) in [6, 6.07) is 5.91. The Morgan fingerprint density at radius 2 is 1.87 bits per heavy atom. The van der Waals surface area contributed by atoms with Crippen molar-refractivity contribution in [3.8, 4) is 17.9 Å². The number of nitriles is 1. The van der Waals surface area contributed by atoms with Gasteiger partial charge in [0.1, 0.15) is 0 Å². The SMILES string of the molecule is Cc1cc(C#N)cc(C)c1C#CCCBr. The fraction of sp³-hybridized carbons (Fsp3) is 0.308. The van der Waals surface area contributed by atoms with Crippen LogP contribution in [0, 0.1) is 37.0 Å². The van der Waals surface area contributed by atoms with Crippen LogP contribution in [-0.2, 0) is 0 Å². The molecule has 0 unspecified atom stereocenters. The molecule has 1 aromatic carbocycles. The van der Waals surface area contributed by atoms with Crippen LogP contribution in [0.3, 0.4) is 0 Å². The van der Waals surface area contributed by atoms with Crippen molar-refractivity contribution in [2.75, 3.05) is 5.33 Å². The van der Waals surface area contributed by atoms with Gasteiger partial charge in [-0.15, -0.1) is 0 Å². The normalized spacial score (nSPS) is 8.93. The van der Waals surface area contributed by atoms with Gasteiger partial charge in [0, 0.05) is 17.3 Å². The smallest absolute Gasteiger partial charge is 0.0991 e. The molecule has 0 radical (unpaired) electrons. The predicted octanol–water partition coefficient (Wildman–Crippen LogP) is 3.31. The molecule has 0 heterocycles. The van der Waals surface area contributed by atoms with Crippen LogP contribution in [0.25, 0.3) is 0 Å². The van der Waals surface area contributed by atoms with E-state index in [1.54, 1.807) is 0 Å². The average Bonchev–Trinajstić information content (AvgIpc) is 2.22. The Bertz CT molecular complexity index is 435. The number of benzene rings is 1. The van der Waals surface area contributed by atoms with Gasteiger partial charge in [-0.25, -0.2) is 0 Å². The van der Waals surface area contributed by atoms with Crippen molar-refractivity contribution in [3.05, 3.63) is 34.4 Å². The summed E-state index contributed by atoms with van der Waals surface area (Å²) in [6.07, 6.45) is 0.846. The number of rotatable bonds is 1. The second-order valence-corrected chi connectivity index (χ2v) is 4.13. The highest BCUT2D eigenvalue weighted by molar-refractivity contribution is 9.09. The molecule has 1 rings (SSSR count). The first-order valence-corrected chi connectivity index (χ1v) is 5.87. The highest BCUT2D eigenvalue weighted by Gasteiger charge is 2.01. The first-order chi connectivity index (χ1) is 7.19. The third-order valence-electron chi connectivity index (χ3n) is 2.09. The zero-order chi connectivity index (χ0) is 11.3. The largest absolute Gasteiger partial charge is 0.192 e. The molecule has 0 saturated carbocycles. The van der Waals surface area contributed by atoms with Gasteiger partial charge in [-0.2, -0.15) is 5.26 Å². The van der Waals surface area contributed by atoms with Crippen molar-refractivity contribution in [2.24, 2.45) is 0 Å². The van der Waals surface area contributed by atoms with E-state index < -0.39 is 0 Å². The molecule has 1 nitrogen and oxygen atoms in total. The highest BCUT2D eigenvalue weighted by atomic mass is 79.9. The predicted molar refractivity (Wildman–Crippen MR) is 65.9 cm³/mol. The second kappa shape index (κ2) is 5.59. The van der Waals surface area contributed by atoms with Crippen LogP contribution in [0.15, 0.2) is 12.1 Å². The summed E-state index contributed by atoms with van der Waals surface area (Å²) in [4.78, 5) is 0. The molecule has 0 amide bonds. The standard InChI is InChI=1S/C13H12BrN/c1-10-7-12(9-15)8-11(2)13(10)5-3-4-6-14/h7-8H,4,6H2,1-2H3. The van der Waals surface area contributed by atoms with E-state index in [0.717, 1.165) is 28.4 Å². The topological polar surface area (TPSA) is 23.8 Å². The van der Waals surface area contributed by atoms with Gasteiger partial charge in [-0.1, -0.05) is 27.8 Å². The van der Waals surface area contributed by atoms with Gasteiger partial charge in [0.2, 0.25) is 0 Å². The molecule has 76 valence electrons. The van der Waals surface area contributed by atoms with E-state index in [4.69, 9.17) is 5.26 Å². The van der Waals surface area contributed by atoms with Gasteiger partial charge < -0.3 is 0 Å². The maximum Gasteiger partial charge on any atom is 0.0991 e. The lowest BCUT2D eigenvalue weighted by Crippen LogP contribution is -1.90. The molecule has 0 bridgehead atoms. The van der Waals surface area contributed by atoms with Crippen molar-refractivity contribution in [1.82, 2.24) is 0 Å².